The monoisotopic (exact) mass is 206 g/mol. The van der Waals surface area contributed by atoms with E-state index in [4.69, 9.17) is 5.84 Å². The van der Waals surface area contributed by atoms with E-state index in [0.29, 0.717) is 6.42 Å². The number of benzene rings is 1. The second-order valence-electron chi connectivity index (χ2n) is 3.97. The summed E-state index contributed by atoms with van der Waals surface area (Å²) < 4.78 is 0. The maximum atomic E-state index is 11.5. The van der Waals surface area contributed by atoms with Gasteiger partial charge in [0.2, 0.25) is 5.91 Å². The van der Waals surface area contributed by atoms with Gasteiger partial charge in [0.05, 0.1) is 6.42 Å². The van der Waals surface area contributed by atoms with E-state index in [-0.39, 0.29) is 5.91 Å². The minimum absolute atomic E-state index is 0.0682. The second kappa shape index (κ2) is 4.45. The molecule has 1 amide bonds. The van der Waals surface area contributed by atoms with Crippen molar-refractivity contribution in [1.29, 1.82) is 0 Å². The van der Waals surface area contributed by atoms with E-state index < -0.39 is 0 Å². The molecule has 0 aromatic heterocycles. The molecule has 0 saturated heterocycles. The zero-order chi connectivity index (χ0) is 11.6. The molecule has 0 saturated carbocycles. The third-order valence-electron chi connectivity index (χ3n) is 2.91. The van der Waals surface area contributed by atoms with Gasteiger partial charge in [-0.1, -0.05) is 12.1 Å². The molecule has 2 N–H and O–H groups in total. The van der Waals surface area contributed by atoms with Gasteiger partial charge >= 0.3 is 0 Å². The maximum Gasteiger partial charge on any atom is 0.240 e. The molecule has 15 heavy (non-hydrogen) atoms. The standard InChI is InChI=1S/C12H18N2O/c1-8-5-6-11(10(3)9(8)2)7-12(15)14(4)13/h5-6H,7,13H2,1-4H3. The zero-order valence-electron chi connectivity index (χ0n) is 9.79. The number of carbonyl (C=O) groups excluding carboxylic acids is 1. The molecule has 0 unspecified atom stereocenters. The second-order valence-corrected chi connectivity index (χ2v) is 3.97. The Balaban J connectivity index is 2.97. The normalized spacial score (nSPS) is 10.2. The van der Waals surface area contributed by atoms with Crippen LogP contribution in [0.25, 0.3) is 0 Å². The first kappa shape index (κ1) is 11.7. The van der Waals surface area contributed by atoms with Crippen LogP contribution in [0.1, 0.15) is 22.3 Å². The van der Waals surface area contributed by atoms with Gasteiger partial charge in [-0.05, 0) is 43.0 Å². The smallest absolute Gasteiger partial charge is 0.240 e. The molecule has 0 spiro atoms. The minimum atomic E-state index is -0.0682. The fraction of sp³-hybridized carbons (Fsp3) is 0.417. The van der Waals surface area contributed by atoms with Crippen LogP contribution in [0.3, 0.4) is 0 Å². The molecule has 0 aliphatic rings. The molecule has 0 atom stereocenters. The summed E-state index contributed by atoms with van der Waals surface area (Å²) in [6.07, 6.45) is 0.375. The lowest BCUT2D eigenvalue weighted by atomic mass is 9.97. The van der Waals surface area contributed by atoms with Crippen LogP contribution >= 0.6 is 0 Å². The SMILES string of the molecule is Cc1ccc(CC(=O)N(C)N)c(C)c1C. The van der Waals surface area contributed by atoms with Crippen LogP contribution < -0.4 is 5.84 Å². The van der Waals surface area contributed by atoms with Crippen LogP contribution in [0.15, 0.2) is 12.1 Å². The third-order valence-corrected chi connectivity index (χ3v) is 2.91. The van der Waals surface area contributed by atoms with Gasteiger partial charge < -0.3 is 0 Å². The van der Waals surface area contributed by atoms with E-state index in [1.807, 2.05) is 19.1 Å². The third kappa shape index (κ3) is 2.57. The summed E-state index contributed by atoms with van der Waals surface area (Å²) in [5.41, 5.74) is 4.75. The fourth-order valence-corrected chi connectivity index (χ4v) is 1.49. The van der Waals surface area contributed by atoms with Crippen molar-refractivity contribution in [2.75, 3.05) is 7.05 Å². The van der Waals surface area contributed by atoms with Crippen molar-refractivity contribution >= 4 is 5.91 Å². The summed E-state index contributed by atoms with van der Waals surface area (Å²) in [5.74, 6) is 5.32. The molecule has 0 aliphatic carbocycles. The number of nitrogens with zero attached hydrogens (tertiary/aromatic N) is 1. The van der Waals surface area contributed by atoms with Gasteiger partial charge in [0.25, 0.3) is 0 Å². The van der Waals surface area contributed by atoms with Gasteiger partial charge in [-0.3, -0.25) is 9.80 Å². The number of hydrogen-bond donors (Lipinski definition) is 1. The van der Waals surface area contributed by atoms with Crippen molar-refractivity contribution in [2.45, 2.75) is 27.2 Å². The van der Waals surface area contributed by atoms with Crippen LogP contribution in [-0.2, 0) is 11.2 Å². The van der Waals surface area contributed by atoms with Crippen LogP contribution in [-0.4, -0.2) is 18.0 Å². The van der Waals surface area contributed by atoms with Crippen molar-refractivity contribution in [2.24, 2.45) is 5.84 Å². The first-order chi connectivity index (χ1) is 6.93. The van der Waals surface area contributed by atoms with Gasteiger partial charge in [-0.2, -0.15) is 0 Å². The van der Waals surface area contributed by atoms with Crippen LogP contribution in [0.2, 0.25) is 0 Å². The summed E-state index contributed by atoms with van der Waals surface area (Å²) >= 11 is 0. The molecule has 1 aromatic carbocycles. The molecule has 3 heteroatoms. The van der Waals surface area contributed by atoms with Crippen LogP contribution in [0.5, 0.6) is 0 Å². The van der Waals surface area contributed by atoms with Gasteiger partial charge in [0.1, 0.15) is 0 Å². The predicted octanol–water partition coefficient (Wildman–Crippen LogP) is 1.49. The molecule has 0 radical (unpaired) electrons. The molecule has 0 aliphatic heterocycles. The topological polar surface area (TPSA) is 46.3 Å². The first-order valence-corrected chi connectivity index (χ1v) is 5.00. The highest BCUT2D eigenvalue weighted by Gasteiger charge is 2.10. The van der Waals surface area contributed by atoms with Gasteiger partial charge in [0, 0.05) is 7.05 Å². The average Bonchev–Trinajstić information content (AvgIpc) is 2.18. The van der Waals surface area contributed by atoms with E-state index in [0.717, 1.165) is 10.6 Å². The summed E-state index contributed by atoms with van der Waals surface area (Å²) in [4.78, 5) is 11.5. The van der Waals surface area contributed by atoms with Crippen molar-refractivity contribution in [3.05, 3.63) is 34.4 Å². The van der Waals surface area contributed by atoms with E-state index >= 15 is 0 Å². The Kier molecular flexibility index (Phi) is 3.48. The summed E-state index contributed by atoms with van der Waals surface area (Å²) in [6, 6.07) is 4.04. The van der Waals surface area contributed by atoms with Gasteiger partial charge in [0.15, 0.2) is 0 Å². The van der Waals surface area contributed by atoms with Crippen molar-refractivity contribution in [3.8, 4) is 0 Å². The number of aryl methyl sites for hydroxylation is 1. The minimum Gasteiger partial charge on any atom is -0.284 e. The Morgan fingerprint density at radius 2 is 1.87 bits per heavy atom. The number of hydrogen-bond acceptors (Lipinski definition) is 2. The highest BCUT2D eigenvalue weighted by molar-refractivity contribution is 5.78. The molecule has 82 valence electrons. The van der Waals surface area contributed by atoms with Crippen molar-refractivity contribution in [3.63, 3.8) is 0 Å². The fourth-order valence-electron chi connectivity index (χ4n) is 1.49. The van der Waals surface area contributed by atoms with E-state index in [2.05, 4.69) is 13.8 Å². The molecular weight excluding hydrogens is 188 g/mol. The van der Waals surface area contributed by atoms with Crippen LogP contribution in [0, 0.1) is 20.8 Å². The summed E-state index contributed by atoms with van der Waals surface area (Å²) in [6.45, 7) is 6.19. The van der Waals surface area contributed by atoms with Crippen LogP contribution in [0.4, 0.5) is 0 Å². The Bertz CT molecular complexity index is 383. The highest BCUT2D eigenvalue weighted by Crippen LogP contribution is 2.17. The van der Waals surface area contributed by atoms with E-state index in [9.17, 15) is 4.79 Å². The molecule has 0 fully saturated rings. The Morgan fingerprint density at radius 1 is 1.27 bits per heavy atom. The average molecular weight is 206 g/mol. The van der Waals surface area contributed by atoms with E-state index in [1.165, 1.54) is 16.7 Å². The molecule has 1 rings (SSSR count). The number of carbonyl (C=O) groups is 1. The lowest BCUT2D eigenvalue weighted by Crippen LogP contribution is -2.34. The number of hydrazine groups is 1. The zero-order valence-corrected chi connectivity index (χ0v) is 9.79. The molecule has 0 heterocycles. The summed E-state index contributed by atoms with van der Waals surface area (Å²) in [5, 5.41) is 1.13. The number of amides is 1. The lowest BCUT2D eigenvalue weighted by Gasteiger charge is -2.13. The lowest BCUT2D eigenvalue weighted by molar-refractivity contribution is -0.129. The Labute approximate surface area is 90.9 Å². The molecule has 3 nitrogen and oxygen atoms in total. The number of rotatable bonds is 2. The Hall–Kier alpha value is -1.35. The largest absolute Gasteiger partial charge is 0.284 e. The molecular formula is C12H18N2O. The number of likely N-dealkylation sites (N-methyl/N-ethyl adjacent to an activating group) is 1. The Morgan fingerprint density at radius 3 is 2.40 bits per heavy atom. The van der Waals surface area contributed by atoms with E-state index in [1.54, 1.807) is 7.05 Å². The van der Waals surface area contributed by atoms with Gasteiger partial charge in [-0.25, -0.2) is 5.84 Å². The quantitative estimate of drug-likeness (QED) is 0.452. The first-order valence-electron chi connectivity index (χ1n) is 5.00. The predicted molar refractivity (Wildman–Crippen MR) is 61.3 cm³/mol. The maximum absolute atomic E-state index is 11.5. The molecule has 1 aromatic rings. The van der Waals surface area contributed by atoms with Crippen molar-refractivity contribution in [1.82, 2.24) is 5.01 Å². The number of nitrogens with two attached hydrogens (primary N) is 1. The molecule has 0 bridgehead atoms. The van der Waals surface area contributed by atoms with Gasteiger partial charge in [-0.15, -0.1) is 0 Å². The van der Waals surface area contributed by atoms with Crippen molar-refractivity contribution < 1.29 is 4.79 Å². The highest BCUT2D eigenvalue weighted by atomic mass is 16.2. The summed E-state index contributed by atoms with van der Waals surface area (Å²) in [7, 11) is 1.57.